The lowest BCUT2D eigenvalue weighted by atomic mass is 9.93. The Morgan fingerprint density at radius 2 is 1.88 bits per heavy atom. The highest BCUT2D eigenvalue weighted by Crippen LogP contribution is 2.42. The molecule has 1 aliphatic rings. The van der Waals surface area contributed by atoms with E-state index in [4.69, 9.17) is 0 Å². The van der Waals surface area contributed by atoms with E-state index in [0.717, 1.165) is 36.0 Å². The van der Waals surface area contributed by atoms with E-state index < -0.39 is 11.9 Å². The van der Waals surface area contributed by atoms with E-state index in [1.807, 2.05) is 30.3 Å². The van der Waals surface area contributed by atoms with Crippen LogP contribution in [-0.4, -0.2) is 20.7 Å². The van der Waals surface area contributed by atoms with Gasteiger partial charge in [-0.25, -0.2) is 0 Å². The van der Waals surface area contributed by atoms with Crippen LogP contribution in [0.3, 0.4) is 0 Å². The molecule has 1 aromatic heterocycles. The zero-order chi connectivity index (χ0) is 17.4. The SMILES string of the molecule is O=C(O)C1CCCCc2c1c1c(O)cccc1n2Cc1ccccc1. The van der Waals surface area contributed by atoms with Crippen LogP contribution in [-0.2, 0) is 17.8 Å². The third-order valence-electron chi connectivity index (χ3n) is 5.20. The Kier molecular flexibility index (Phi) is 3.96. The van der Waals surface area contributed by atoms with Gasteiger partial charge in [0.25, 0.3) is 0 Å². The summed E-state index contributed by atoms with van der Waals surface area (Å²) in [6.45, 7) is 0.683. The number of aliphatic carboxylic acids is 1. The Balaban J connectivity index is 1.98. The predicted molar refractivity (Wildman–Crippen MR) is 97.1 cm³/mol. The number of carbonyl (C=O) groups is 1. The minimum Gasteiger partial charge on any atom is -0.507 e. The van der Waals surface area contributed by atoms with Crippen molar-refractivity contribution in [1.29, 1.82) is 0 Å². The van der Waals surface area contributed by atoms with Gasteiger partial charge in [0, 0.05) is 17.6 Å². The van der Waals surface area contributed by atoms with Crippen LogP contribution in [0.5, 0.6) is 5.75 Å². The lowest BCUT2D eigenvalue weighted by molar-refractivity contribution is -0.138. The summed E-state index contributed by atoms with van der Waals surface area (Å²) in [6, 6.07) is 15.6. The number of hydrogen-bond donors (Lipinski definition) is 2. The third-order valence-corrected chi connectivity index (χ3v) is 5.20. The second kappa shape index (κ2) is 6.28. The standard InChI is InChI=1S/C21H21NO3/c23-18-12-6-11-17-20(18)19-15(21(24)25)9-4-5-10-16(19)22(17)13-14-7-2-1-3-8-14/h1-3,6-8,11-12,15,23H,4-5,9-10,13H2,(H,24,25). The van der Waals surface area contributed by atoms with E-state index in [9.17, 15) is 15.0 Å². The topological polar surface area (TPSA) is 62.5 Å². The Bertz CT molecular complexity index is 927. The fourth-order valence-electron chi connectivity index (χ4n) is 4.09. The number of nitrogens with zero attached hydrogens (tertiary/aromatic N) is 1. The molecule has 0 saturated carbocycles. The van der Waals surface area contributed by atoms with E-state index in [2.05, 4.69) is 16.7 Å². The summed E-state index contributed by atoms with van der Waals surface area (Å²) in [6.07, 6.45) is 3.34. The molecule has 1 atom stereocenters. The zero-order valence-electron chi connectivity index (χ0n) is 14.0. The van der Waals surface area contributed by atoms with Crippen molar-refractivity contribution in [1.82, 2.24) is 4.57 Å². The average Bonchev–Trinajstić information content (AvgIpc) is 2.78. The maximum absolute atomic E-state index is 11.9. The second-order valence-corrected chi connectivity index (χ2v) is 6.74. The Labute approximate surface area is 146 Å². The first-order valence-electron chi connectivity index (χ1n) is 8.76. The molecule has 2 N–H and O–H groups in total. The van der Waals surface area contributed by atoms with Crippen LogP contribution >= 0.6 is 0 Å². The summed E-state index contributed by atoms with van der Waals surface area (Å²) < 4.78 is 2.20. The van der Waals surface area contributed by atoms with Gasteiger partial charge in [0.05, 0.1) is 11.4 Å². The number of hydrogen-bond acceptors (Lipinski definition) is 2. The molecule has 4 heteroatoms. The number of benzene rings is 2. The van der Waals surface area contributed by atoms with Crippen molar-refractivity contribution < 1.29 is 15.0 Å². The van der Waals surface area contributed by atoms with Gasteiger partial charge in [0.1, 0.15) is 5.75 Å². The van der Waals surface area contributed by atoms with Crippen molar-refractivity contribution >= 4 is 16.9 Å². The molecule has 0 fully saturated rings. The largest absolute Gasteiger partial charge is 0.507 e. The lowest BCUT2D eigenvalue weighted by Gasteiger charge is -2.13. The molecular formula is C21H21NO3. The molecule has 0 bridgehead atoms. The van der Waals surface area contributed by atoms with E-state index in [1.165, 1.54) is 5.56 Å². The Hall–Kier alpha value is -2.75. The van der Waals surface area contributed by atoms with Gasteiger partial charge in [0.2, 0.25) is 0 Å². The van der Waals surface area contributed by atoms with Gasteiger partial charge >= 0.3 is 5.97 Å². The number of phenolic OH excluding ortho intramolecular Hbond substituents is 1. The first-order chi connectivity index (χ1) is 12.2. The van der Waals surface area contributed by atoms with Gasteiger partial charge in [-0.3, -0.25) is 4.79 Å². The third kappa shape index (κ3) is 2.68. The molecule has 4 rings (SSSR count). The molecule has 128 valence electrons. The van der Waals surface area contributed by atoms with Gasteiger partial charge in [-0.05, 0) is 42.5 Å². The number of carboxylic acid groups (broad SMARTS) is 1. The van der Waals surface area contributed by atoms with Crippen molar-refractivity contribution in [2.24, 2.45) is 0 Å². The van der Waals surface area contributed by atoms with Gasteiger partial charge < -0.3 is 14.8 Å². The van der Waals surface area contributed by atoms with E-state index >= 15 is 0 Å². The van der Waals surface area contributed by atoms with Crippen LogP contribution in [0.15, 0.2) is 48.5 Å². The van der Waals surface area contributed by atoms with Crippen LogP contribution in [0.4, 0.5) is 0 Å². The molecule has 0 amide bonds. The van der Waals surface area contributed by atoms with Crippen molar-refractivity contribution in [2.45, 2.75) is 38.1 Å². The highest BCUT2D eigenvalue weighted by Gasteiger charge is 2.31. The van der Waals surface area contributed by atoms with Crippen LogP contribution in [0, 0.1) is 0 Å². The summed E-state index contributed by atoms with van der Waals surface area (Å²) in [7, 11) is 0. The Morgan fingerprint density at radius 1 is 1.08 bits per heavy atom. The molecule has 4 nitrogen and oxygen atoms in total. The molecule has 1 unspecified atom stereocenters. The quantitative estimate of drug-likeness (QED) is 0.702. The first-order valence-corrected chi connectivity index (χ1v) is 8.76. The summed E-state index contributed by atoms with van der Waals surface area (Å²) >= 11 is 0. The number of fused-ring (bicyclic) bond motifs is 3. The number of aromatic nitrogens is 1. The minimum absolute atomic E-state index is 0.175. The van der Waals surface area contributed by atoms with Crippen LogP contribution in [0.1, 0.15) is 42.0 Å². The van der Waals surface area contributed by atoms with Crippen molar-refractivity contribution in [3.05, 3.63) is 65.4 Å². The summed E-state index contributed by atoms with van der Waals surface area (Å²) in [5.74, 6) is -1.18. The van der Waals surface area contributed by atoms with Gasteiger partial charge in [0.15, 0.2) is 0 Å². The highest BCUT2D eigenvalue weighted by molar-refractivity contribution is 5.95. The summed E-state index contributed by atoms with van der Waals surface area (Å²) in [5.41, 5.74) is 3.96. The smallest absolute Gasteiger partial charge is 0.311 e. The molecule has 3 aromatic rings. The maximum atomic E-state index is 11.9. The van der Waals surface area contributed by atoms with E-state index in [0.29, 0.717) is 18.4 Å². The molecule has 1 aliphatic carbocycles. The molecular weight excluding hydrogens is 314 g/mol. The first kappa shape index (κ1) is 15.8. The van der Waals surface area contributed by atoms with Crippen LogP contribution in [0.25, 0.3) is 10.9 Å². The number of aromatic hydroxyl groups is 1. The van der Waals surface area contributed by atoms with Gasteiger partial charge in [-0.15, -0.1) is 0 Å². The van der Waals surface area contributed by atoms with Gasteiger partial charge in [-0.1, -0.05) is 42.8 Å². The molecule has 25 heavy (non-hydrogen) atoms. The van der Waals surface area contributed by atoms with Crippen molar-refractivity contribution in [3.8, 4) is 5.75 Å². The average molecular weight is 335 g/mol. The van der Waals surface area contributed by atoms with Crippen LogP contribution < -0.4 is 0 Å². The molecule has 2 aromatic carbocycles. The maximum Gasteiger partial charge on any atom is 0.311 e. The fourth-order valence-corrected chi connectivity index (χ4v) is 4.09. The predicted octanol–water partition coefficient (Wildman–Crippen LogP) is 4.29. The van der Waals surface area contributed by atoms with Crippen molar-refractivity contribution in [2.75, 3.05) is 0 Å². The fraction of sp³-hybridized carbons (Fsp3) is 0.286. The van der Waals surface area contributed by atoms with Crippen LogP contribution in [0.2, 0.25) is 0 Å². The molecule has 0 aliphatic heterocycles. The summed E-state index contributed by atoms with van der Waals surface area (Å²) in [4.78, 5) is 11.9. The van der Waals surface area contributed by atoms with E-state index in [1.54, 1.807) is 6.07 Å². The molecule has 0 saturated heterocycles. The lowest BCUT2D eigenvalue weighted by Crippen LogP contribution is -2.12. The summed E-state index contributed by atoms with van der Waals surface area (Å²) in [5, 5.41) is 21.0. The number of phenols is 1. The highest BCUT2D eigenvalue weighted by atomic mass is 16.4. The van der Waals surface area contributed by atoms with E-state index in [-0.39, 0.29) is 5.75 Å². The minimum atomic E-state index is -0.801. The monoisotopic (exact) mass is 335 g/mol. The zero-order valence-corrected chi connectivity index (χ0v) is 14.0. The number of rotatable bonds is 3. The molecule has 0 spiro atoms. The normalized spacial score (nSPS) is 17.2. The molecule has 1 heterocycles. The second-order valence-electron chi connectivity index (χ2n) is 6.74. The Morgan fingerprint density at radius 3 is 2.64 bits per heavy atom. The van der Waals surface area contributed by atoms with Crippen molar-refractivity contribution in [3.63, 3.8) is 0 Å². The van der Waals surface area contributed by atoms with Gasteiger partial charge in [-0.2, -0.15) is 0 Å². The molecule has 0 radical (unpaired) electrons. The number of carboxylic acids is 1.